The second-order valence-corrected chi connectivity index (χ2v) is 20.4. The molecule has 0 amide bonds. The van der Waals surface area contributed by atoms with Gasteiger partial charge in [-0.2, -0.15) is 0 Å². The zero-order valence-corrected chi connectivity index (χ0v) is 42.2. The quantitative estimate of drug-likeness (QED) is 0.146. The molecule has 0 atom stereocenters. The molecule has 346 valence electrons. The van der Waals surface area contributed by atoms with Gasteiger partial charge in [-0.3, -0.25) is 4.98 Å². The minimum Gasteiger partial charge on any atom is -0.309 e. The molecule has 0 unspecified atom stereocenters. The average molecular weight is 926 g/mol. The van der Waals surface area contributed by atoms with Crippen LogP contribution in [0.2, 0.25) is 0 Å². The molecular formula is C69H55N3. The van der Waals surface area contributed by atoms with Crippen molar-refractivity contribution in [2.45, 2.75) is 61.3 Å². The first-order valence-corrected chi connectivity index (χ1v) is 25.1. The van der Waals surface area contributed by atoms with E-state index < -0.39 is 0 Å². The summed E-state index contributed by atoms with van der Waals surface area (Å²) in [6, 6.07) is 63.8. The summed E-state index contributed by atoms with van der Waals surface area (Å²) in [6.45, 7) is 26.3. The number of rotatable bonds is 7. The molecule has 1 aliphatic rings. The fourth-order valence-corrected chi connectivity index (χ4v) is 12.0. The van der Waals surface area contributed by atoms with Crippen LogP contribution in [0.25, 0.3) is 99.1 Å². The molecule has 12 rings (SSSR count). The van der Waals surface area contributed by atoms with Gasteiger partial charge in [0, 0.05) is 34.8 Å². The number of aromatic nitrogens is 2. The Labute approximate surface area is 423 Å². The zero-order valence-electron chi connectivity index (χ0n) is 42.2. The van der Waals surface area contributed by atoms with Crippen LogP contribution in [0.4, 0.5) is 5.69 Å². The normalized spacial score (nSPS) is 12.1. The van der Waals surface area contributed by atoms with Crippen molar-refractivity contribution in [2.24, 2.45) is 0 Å². The zero-order chi connectivity index (χ0) is 49.5. The maximum atomic E-state index is 8.79. The number of hydrogen-bond donors (Lipinski definition) is 0. The number of aryl methyl sites for hydroxylation is 8. The first-order chi connectivity index (χ1) is 34.9. The highest BCUT2D eigenvalue weighted by molar-refractivity contribution is 6.12. The second-order valence-electron chi connectivity index (χ2n) is 20.4. The number of hydrogen-bond acceptors (Lipinski definition) is 1. The Hall–Kier alpha value is -8.58. The Morgan fingerprint density at radius 2 is 0.764 bits per heavy atom. The van der Waals surface area contributed by atoms with Gasteiger partial charge in [0.05, 0.1) is 17.6 Å². The van der Waals surface area contributed by atoms with E-state index in [1.165, 1.54) is 122 Å². The summed E-state index contributed by atoms with van der Waals surface area (Å²) < 4.78 is 2.49. The van der Waals surface area contributed by atoms with Gasteiger partial charge in [0.25, 0.3) is 0 Å². The lowest BCUT2D eigenvalue weighted by Gasteiger charge is -2.23. The van der Waals surface area contributed by atoms with Gasteiger partial charge in [-0.15, -0.1) is 0 Å². The minimum absolute atomic E-state index is 0.171. The number of nitrogens with zero attached hydrogens (tertiary/aromatic N) is 3. The average Bonchev–Trinajstić information content (AvgIpc) is 3.87. The second kappa shape index (κ2) is 17.4. The van der Waals surface area contributed by atoms with Crippen LogP contribution in [0.3, 0.4) is 0 Å². The largest absolute Gasteiger partial charge is 0.309 e. The SMILES string of the molecule is [C-]#[N+]c1cc(C2c3ccc(-c4ccc(C)cc4C)cc3-c3cc(-c4ccc(C)cc4C)ccc32)c(-n2c3ccc(-c4ccc(C)cc4C)cc3c3cc(-c4ccc(C)cc4C)ccc32)cc1-c1ccncc1. The lowest BCUT2D eigenvalue weighted by molar-refractivity contribution is 0.984. The van der Waals surface area contributed by atoms with Crippen LogP contribution in [0.1, 0.15) is 67.1 Å². The van der Waals surface area contributed by atoms with E-state index in [1.807, 2.05) is 24.5 Å². The van der Waals surface area contributed by atoms with Crippen LogP contribution in [0.15, 0.2) is 182 Å². The summed E-state index contributed by atoms with van der Waals surface area (Å²) in [7, 11) is 0. The van der Waals surface area contributed by atoms with E-state index in [4.69, 9.17) is 6.57 Å². The van der Waals surface area contributed by atoms with Crippen LogP contribution in [-0.2, 0) is 0 Å². The fourth-order valence-electron chi connectivity index (χ4n) is 12.0. The van der Waals surface area contributed by atoms with Crippen molar-refractivity contribution in [3.05, 3.63) is 255 Å². The molecule has 0 saturated heterocycles. The summed E-state index contributed by atoms with van der Waals surface area (Å²) >= 11 is 0. The Morgan fingerprint density at radius 1 is 0.361 bits per heavy atom. The molecule has 3 heteroatoms. The van der Waals surface area contributed by atoms with Crippen LogP contribution >= 0.6 is 0 Å². The summed E-state index contributed by atoms with van der Waals surface area (Å²) in [4.78, 5) is 8.71. The smallest absolute Gasteiger partial charge is 0.195 e. The molecule has 0 N–H and O–H groups in total. The summed E-state index contributed by atoms with van der Waals surface area (Å²) in [6.07, 6.45) is 3.65. The summed E-state index contributed by atoms with van der Waals surface area (Å²) in [5.74, 6) is -0.171. The van der Waals surface area contributed by atoms with Crippen molar-refractivity contribution in [1.29, 1.82) is 0 Å². The van der Waals surface area contributed by atoms with Crippen molar-refractivity contribution in [2.75, 3.05) is 0 Å². The highest BCUT2D eigenvalue weighted by Gasteiger charge is 2.34. The maximum Gasteiger partial charge on any atom is 0.195 e. The van der Waals surface area contributed by atoms with Crippen molar-refractivity contribution in [3.8, 4) is 72.4 Å². The minimum atomic E-state index is -0.171. The standard InChI is InChI=1S/C69H55N3/c1-40-10-18-53(44(5)30-40)49-14-22-57-60(34-49)61-35-50(54-19-11-41(2)31-45(54)6)15-23-58(61)69(57)64-38-65(70-9)59(48-26-28-71-29-27-48)39-68(64)72-66-24-16-51(55-20-12-42(3)32-46(55)7)36-62(66)63-37-52(17-25-67(63)72)56-21-13-43(4)33-47(56)8/h10-39,69H,1-8H3. The Bertz CT molecular complexity index is 3870. The molecule has 9 aromatic carbocycles. The predicted molar refractivity (Wildman–Crippen MR) is 303 cm³/mol. The van der Waals surface area contributed by atoms with Crippen LogP contribution in [0, 0.1) is 62.0 Å². The van der Waals surface area contributed by atoms with Crippen molar-refractivity contribution < 1.29 is 0 Å². The van der Waals surface area contributed by atoms with E-state index in [1.54, 1.807) is 0 Å². The van der Waals surface area contributed by atoms with Gasteiger partial charge in [0.15, 0.2) is 5.69 Å². The fraction of sp³-hybridized carbons (Fsp3) is 0.130. The predicted octanol–water partition coefficient (Wildman–Crippen LogP) is 18.7. The maximum absolute atomic E-state index is 8.79. The molecule has 0 aliphatic heterocycles. The van der Waals surface area contributed by atoms with E-state index in [-0.39, 0.29) is 5.92 Å². The third-order valence-corrected chi connectivity index (χ3v) is 15.4. The molecule has 0 fully saturated rings. The monoisotopic (exact) mass is 925 g/mol. The third-order valence-electron chi connectivity index (χ3n) is 15.4. The molecule has 3 nitrogen and oxygen atoms in total. The van der Waals surface area contributed by atoms with Crippen LogP contribution < -0.4 is 0 Å². The van der Waals surface area contributed by atoms with E-state index in [9.17, 15) is 0 Å². The van der Waals surface area contributed by atoms with E-state index in [0.29, 0.717) is 5.69 Å². The summed E-state index contributed by atoms with van der Waals surface area (Å²) in [5, 5.41) is 2.37. The van der Waals surface area contributed by atoms with Crippen molar-refractivity contribution >= 4 is 27.5 Å². The van der Waals surface area contributed by atoms with E-state index >= 15 is 0 Å². The van der Waals surface area contributed by atoms with Gasteiger partial charge >= 0.3 is 0 Å². The van der Waals surface area contributed by atoms with E-state index in [2.05, 4.69) is 228 Å². The van der Waals surface area contributed by atoms with Gasteiger partial charge in [-0.1, -0.05) is 131 Å². The number of pyridine rings is 1. The molecule has 72 heavy (non-hydrogen) atoms. The number of benzene rings is 9. The third kappa shape index (κ3) is 7.46. The molecule has 0 spiro atoms. The summed E-state index contributed by atoms with van der Waals surface area (Å²) in [5.41, 5.74) is 31.5. The van der Waals surface area contributed by atoms with Crippen molar-refractivity contribution in [3.63, 3.8) is 0 Å². The molecule has 11 aromatic rings. The molecule has 0 radical (unpaired) electrons. The first kappa shape index (κ1) is 44.6. The molecule has 0 bridgehead atoms. The number of fused-ring (bicyclic) bond motifs is 6. The topological polar surface area (TPSA) is 22.2 Å². The lowest BCUT2D eigenvalue weighted by Crippen LogP contribution is -2.07. The lowest BCUT2D eigenvalue weighted by atomic mass is 9.85. The van der Waals surface area contributed by atoms with Crippen LogP contribution in [-0.4, -0.2) is 9.55 Å². The Balaban J connectivity index is 1.17. The Morgan fingerprint density at radius 3 is 1.17 bits per heavy atom. The Kier molecular flexibility index (Phi) is 10.8. The highest BCUT2D eigenvalue weighted by atomic mass is 15.0. The van der Waals surface area contributed by atoms with Gasteiger partial charge in [0.1, 0.15) is 0 Å². The highest BCUT2D eigenvalue weighted by Crippen LogP contribution is 2.54. The van der Waals surface area contributed by atoms with E-state index in [0.717, 1.165) is 33.4 Å². The molecule has 1 aliphatic carbocycles. The molecule has 2 heterocycles. The van der Waals surface area contributed by atoms with Crippen LogP contribution in [0.5, 0.6) is 0 Å². The van der Waals surface area contributed by atoms with Crippen molar-refractivity contribution in [1.82, 2.24) is 9.55 Å². The molecule has 0 saturated carbocycles. The molecular weight excluding hydrogens is 871 g/mol. The van der Waals surface area contributed by atoms with Gasteiger partial charge in [-0.05, 0) is 222 Å². The van der Waals surface area contributed by atoms with Gasteiger partial charge < -0.3 is 4.57 Å². The van der Waals surface area contributed by atoms with Gasteiger partial charge in [-0.25, -0.2) is 4.85 Å². The first-order valence-electron chi connectivity index (χ1n) is 25.1. The van der Waals surface area contributed by atoms with Gasteiger partial charge in [0.2, 0.25) is 0 Å². The molecule has 2 aromatic heterocycles.